The summed E-state index contributed by atoms with van der Waals surface area (Å²) in [4.78, 5) is 17.0. The molecule has 1 amide bonds. The first-order chi connectivity index (χ1) is 13.2. The quantitative estimate of drug-likeness (QED) is 0.583. The first-order valence-corrected chi connectivity index (χ1v) is 8.88. The lowest BCUT2D eigenvalue weighted by Gasteiger charge is -2.12. The van der Waals surface area contributed by atoms with Gasteiger partial charge in [0.15, 0.2) is 0 Å². The molecular weight excluding hydrogens is 340 g/mol. The molecule has 1 heterocycles. The number of carbonyl (C=O) groups excluding carboxylic acids is 1. The third-order valence-electron chi connectivity index (χ3n) is 3.93. The zero-order valence-corrected chi connectivity index (χ0v) is 15.3. The number of hydrogen-bond donors (Lipinski definition) is 1. The fourth-order valence-corrected chi connectivity index (χ4v) is 2.64. The molecule has 0 unspecified atom stereocenters. The molecule has 5 heteroatoms. The lowest BCUT2D eigenvalue weighted by molar-refractivity contribution is 0.102. The second kappa shape index (κ2) is 8.85. The monoisotopic (exact) mass is 362 g/mol. The van der Waals surface area contributed by atoms with E-state index in [9.17, 15) is 4.79 Å². The van der Waals surface area contributed by atoms with Crippen molar-refractivity contribution >= 4 is 22.5 Å². The normalized spacial score (nSPS) is 10.4. The lowest BCUT2D eigenvalue weighted by atomic mass is 10.1. The van der Waals surface area contributed by atoms with Gasteiger partial charge in [0.25, 0.3) is 5.91 Å². The number of nitrogens with zero attached hydrogens (tertiary/aromatic N) is 1. The predicted octanol–water partition coefficient (Wildman–Crippen LogP) is 4.84. The molecule has 2 aromatic carbocycles. The molecule has 0 aliphatic carbocycles. The number of carbonyl (C=O) groups is 1. The van der Waals surface area contributed by atoms with Crippen molar-refractivity contribution in [3.05, 3.63) is 72.9 Å². The van der Waals surface area contributed by atoms with Crippen molar-refractivity contribution in [3.8, 4) is 11.5 Å². The minimum atomic E-state index is -0.197. The van der Waals surface area contributed by atoms with Crippen LogP contribution in [0.1, 0.15) is 23.7 Å². The summed E-state index contributed by atoms with van der Waals surface area (Å²) in [6, 6.07) is 14.4. The predicted molar refractivity (Wildman–Crippen MR) is 108 cm³/mol. The van der Waals surface area contributed by atoms with Crippen molar-refractivity contribution in [1.29, 1.82) is 0 Å². The SMILES string of the molecule is C=CCOc1ccc(C(=O)Nc2ccc(OCCC)c3ncccc23)cc1. The molecule has 0 saturated carbocycles. The number of ether oxygens (including phenoxy) is 2. The molecule has 1 N–H and O–H groups in total. The highest BCUT2D eigenvalue weighted by Gasteiger charge is 2.12. The third-order valence-corrected chi connectivity index (χ3v) is 3.93. The first-order valence-electron chi connectivity index (χ1n) is 8.88. The Morgan fingerprint density at radius 1 is 1.15 bits per heavy atom. The van der Waals surface area contributed by atoms with Crippen LogP contribution >= 0.6 is 0 Å². The van der Waals surface area contributed by atoms with Crippen LogP contribution in [0.25, 0.3) is 10.9 Å². The van der Waals surface area contributed by atoms with Crippen LogP contribution in [-0.2, 0) is 0 Å². The van der Waals surface area contributed by atoms with E-state index >= 15 is 0 Å². The van der Waals surface area contributed by atoms with Crippen molar-refractivity contribution in [2.24, 2.45) is 0 Å². The largest absolute Gasteiger partial charge is 0.491 e. The number of rotatable bonds is 8. The average molecular weight is 362 g/mol. The Kier molecular flexibility index (Phi) is 6.05. The minimum absolute atomic E-state index is 0.197. The van der Waals surface area contributed by atoms with Crippen molar-refractivity contribution in [2.75, 3.05) is 18.5 Å². The van der Waals surface area contributed by atoms with Crippen molar-refractivity contribution < 1.29 is 14.3 Å². The van der Waals surface area contributed by atoms with Gasteiger partial charge in [-0.1, -0.05) is 19.6 Å². The van der Waals surface area contributed by atoms with Gasteiger partial charge in [0, 0.05) is 17.1 Å². The van der Waals surface area contributed by atoms with E-state index in [-0.39, 0.29) is 5.91 Å². The van der Waals surface area contributed by atoms with E-state index in [0.29, 0.717) is 36.0 Å². The van der Waals surface area contributed by atoms with Crippen LogP contribution in [0.15, 0.2) is 67.4 Å². The Labute approximate surface area is 158 Å². The zero-order valence-electron chi connectivity index (χ0n) is 15.3. The van der Waals surface area contributed by atoms with Crippen LogP contribution in [0, 0.1) is 0 Å². The van der Waals surface area contributed by atoms with Gasteiger partial charge in [-0.3, -0.25) is 9.78 Å². The minimum Gasteiger partial charge on any atom is -0.491 e. The van der Waals surface area contributed by atoms with Crippen LogP contribution < -0.4 is 14.8 Å². The smallest absolute Gasteiger partial charge is 0.255 e. The van der Waals surface area contributed by atoms with Gasteiger partial charge in [-0.2, -0.15) is 0 Å². The molecule has 0 radical (unpaired) electrons. The van der Waals surface area contributed by atoms with Crippen molar-refractivity contribution in [3.63, 3.8) is 0 Å². The topological polar surface area (TPSA) is 60.5 Å². The average Bonchev–Trinajstić information content (AvgIpc) is 2.72. The van der Waals surface area contributed by atoms with Crippen molar-refractivity contribution in [1.82, 2.24) is 4.98 Å². The zero-order chi connectivity index (χ0) is 19.1. The van der Waals surface area contributed by atoms with Gasteiger partial charge < -0.3 is 14.8 Å². The molecule has 138 valence electrons. The van der Waals surface area contributed by atoms with Crippen LogP contribution in [0.3, 0.4) is 0 Å². The maximum atomic E-state index is 12.6. The second-order valence-corrected chi connectivity index (χ2v) is 5.94. The molecule has 0 spiro atoms. The molecule has 27 heavy (non-hydrogen) atoms. The molecule has 3 aromatic rings. The van der Waals surface area contributed by atoms with E-state index in [1.54, 1.807) is 36.5 Å². The molecule has 0 atom stereocenters. The van der Waals surface area contributed by atoms with Crippen LogP contribution in [0.4, 0.5) is 5.69 Å². The summed E-state index contributed by atoms with van der Waals surface area (Å²) in [7, 11) is 0. The second-order valence-electron chi connectivity index (χ2n) is 5.94. The van der Waals surface area contributed by atoms with Crippen molar-refractivity contribution in [2.45, 2.75) is 13.3 Å². The highest BCUT2D eigenvalue weighted by atomic mass is 16.5. The van der Waals surface area contributed by atoms with E-state index in [1.807, 2.05) is 24.3 Å². The standard InChI is InChI=1S/C22H22N2O3/c1-3-14-26-17-9-7-16(8-10-17)22(25)24-19-11-12-20(27-15-4-2)21-18(19)6-5-13-23-21/h3,5-13H,1,4,14-15H2,2H3,(H,24,25). The third kappa shape index (κ3) is 4.44. The summed E-state index contributed by atoms with van der Waals surface area (Å²) in [6.07, 6.45) is 4.31. The van der Waals surface area contributed by atoms with E-state index in [1.165, 1.54) is 0 Å². The Bertz CT molecular complexity index is 936. The van der Waals surface area contributed by atoms with E-state index in [4.69, 9.17) is 9.47 Å². The summed E-state index contributed by atoms with van der Waals surface area (Å²) >= 11 is 0. The Morgan fingerprint density at radius 2 is 1.96 bits per heavy atom. The number of hydrogen-bond acceptors (Lipinski definition) is 4. The number of amides is 1. The van der Waals surface area contributed by atoms with Gasteiger partial charge >= 0.3 is 0 Å². The molecule has 0 fully saturated rings. The van der Waals surface area contributed by atoms with Crippen LogP contribution in [0.5, 0.6) is 11.5 Å². The van der Waals surface area contributed by atoms with Gasteiger partial charge in [0.1, 0.15) is 23.6 Å². The van der Waals surface area contributed by atoms with E-state index < -0.39 is 0 Å². The highest BCUT2D eigenvalue weighted by molar-refractivity contribution is 6.09. The number of nitrogens with one attached hydrogen (secondary N) is 1. The molecule has 0 aliphatic heterocycles. The summed E-state index contributed by atoms with van der Waals surface area (Å²) in [5.41, 5.74) is 1.97. The Morgan fingerprint density at radius 3 is 2.70 bits per heavy atom. The summed E-state index contributed by atoms with van der Waals surface area (Å²) in [5, 5.41) is 3.79. The van der Waals surface area contributed by atoms with Gasteiger partial charge in [-0.05, 0) is 55.0 Å². The van der Waals surface area contributed by atoms with Crippen LogP contribution in [0.2, 0.25) is 0 Å². The lowest BCUT2D eigenvalue weighted by Crippen LogP contribution is -2.12. The van der Waals surface area contributed by atoms with Crippen LogP contribution in [-0.4, -0.2) is 24.1 Å². The van der Waals surface area contributed by atoms with Gasteiger partial charge in [0.2, 0.25) is 0 Å². The van der Waals surface area contributed by atoms with Gasteiger partial charge in [-0.15, -0.1) is 0 Å². The molecule has 5 nitrogen and oxygen atoms in total. The molecule has 0 saturated heterocycles. The van der Waals surface area contributed by atoms with Gasteiger partial charge in [-0.25, -0.2) is 0 Å². The molecule has 0 aliphatic rings. The number of benzene rings is 2. The number of anilines is 1. The molecule has 0 bridgehead atoms. The van der Waals surface area contributed by atoms with E-state index in [0.717, 1.165) is 17.3 Å². The summed E-state index contributed by atoms with van der Waals surface area (Å²) < 4.78 is 11.2. The number of fused-ring (bicyclic) bond motifs is 1. The Balaban J connectivity index is 1.81. The maximum Gasteiger partial charge on any atom is 0.255 e. The fraction of sp³-hybridized carbons (Fsp3) is 0.182. The molecule has 3 rings (SSSR count). The highest BCUT2D eigenvalue weighted by Crippen LogP contribution is 2.30. The summed E-state index contributed by atoms with van der Waals surface area (Å²) in [6.45, 7) is 6.72. The Hall–Kier alpha value is -3.34. The van der Waals surface area contributed by atoms with Gasteiger partial charge in [0.05, 0.1) is 12.3 Å². The number of pyridine rings is 1. The summed E-state index contributed by atoms with van der Waals surface area (Å²) in [5.74, 6) is 1.21. The first kappa shape index (κ1) is 18.5. The number of aromatic nitrogens is 1. The van der Waals surface area contributed by atoms with E-state index in [2.05, 4.69) is 23.8 Å². The molecule has 1 aromatic heterocycles. The molecular formula is C22H22N2O3. The fourth-order valence-electron chi connectivity index (χ4n) is 2.64. The maximum absolute atomic E-state index is 12.6.